The number of aryl methyl sites for hydroxylation is 1. The fourth-order valence-electron chi connectivity index (χ4n) is 3.47. The number of fused-ring (bicyclic) bond motifs is 1. The van der Waals surface area contributed by atoms with Gasteiger partial charge >= 0.3 is 0 Å². The summed E-state index contributed by atoms with van der Waals surface area (Å²) in [6, 6.07) is 11.3. The van der Waals surface area contributed by atoms with Crippen molar-refractivity contribution in [3.63, 3.8) is 0 Å². The number of anilines is 1. The van der Waals surface area contributed by atoms with E-state index in [0.29, 0.717) is 23.0 Å². The topological polar surface area (TPSA) is 74.6 Å². The zero-order valence-corrected chi connectivity index (χ0v) is 16.3. The average molecular weight is 399 g/mol. The summed E-state index contributed by atoms with van der Waals surface area (Å²) in [4.78, 5) is 27.0. The van der Waals surface area contributed by atoms with Gasteiger partial charge < -0.3 is 4.74 Å². The zero-order chi connectivity index (χ0) is 19.8. The summed E-state index contributed by atoms with van der Waals surface area (Å²) in [6.07, 6.45) is 0.959. The van der Waals surface area contributed by atoms with Gasteiger partial charge in [-0.05, 0) is 35.7 Å². The normalized spacial score (nSPS) is 20.8. The molecule has 144 valence electrons. The monoisotopic (exact) mass is 398 g/mol. The van der Waals surface area contributed by atoms with Gasteiger partial charge in [0.25, 0.3) is 11.8 Å². The molecule has 0 N–H and O–H groups in total. The van der Waals surface area contributed by atoms with E-state index in [4.69, 9.17) is 16.3 Å². The molecule has 7 nitrogen and oxygen atoms in total. The lowest BCUT2D eigenvalue weighted by Crippen LogP contribution is -2.39. The van der Waals surface area contributed by atoms with Crippen molar-refractivity contribution in [2.75, 3.05) is 12.0 Å². The van der Waals surface area contributed by atoms with Crippen molar-refractivity contribution in [3.8, 4) is 5.75 Å². The highest BCUT2D eigenvalue weighted by Gasteiger charge is 2.54. The number of ether oxygens (including phenoxy) is 1. The molecule has 8 heteroatoms. The molecule has 2 amide bonds. The van der Waals surface area contributed by atoms with Crippen LogP contribution in [0.15, 0.2) is 52.8 Å². The number of methoxy groups -OCH3 is 1. The van der Waals surface area contributed by atoms with Gasteiger partial charge in [-0.1, -0.05) is 48.0 Å². The predicted molar refractivity (Wildman–Crippen MR) is 104 cm³/mol. The summed E-state index contributed by atoms with van der Waals surface area (Å²) in [6.45, 7) is 2.50. The first-order chi connectivity index (χ1) is 13.5. The Labute approximate surface area is 167 Å². The molecule has 0 spiro atoms. The SMILES string of the molecule is CCc1ccc(CN2N=N[C@H]3C(=O)N(c4ccc(OC)c(Cl)c4)C(=O)[C@H]32)cc1. The third-order valence-corrected chi connectivity index (χ3v) is 5.32. The minimum atomic E-state index is -0.830. The summed E-state index contributed by atoms with van der Waals surface area (Å²) in [5.41, 5.74) is 2.64. The molecule has 1 saturated heterocycles. The van der Waals surface area contributed by atoms with Crippen LogP contribution < -0.4 is 9.64 Å². The molecule has 0 radical (unpaired) electrons. The Bertz CT molecular complexity index is 960. The number of carbonyl (C=O) groups is 2. The molecule has 4 rings (SSSR count). The second kappa shape index (κ2) is 7.24. The van der Waals surface area contributed by atoms with Crippen LogP contribution in [-0.4, -0.2) is 36.0 Å². The third-order valence-electron chi connectivity index (χ3n) is 5.03. The number of hydrogen-bond donors (Lipinski definition) is 0. The molecule has 0 aromatic heterocycles. The molecule has 0 aliphatic carbocycles. The first kappa shape index (κ1) is 18.4. The number of nitrogens with zero attached hydrogens (tertiary/aromatic N) is 4. The molecule has 2 heterocycles. The maximum absolute atomic E-state index is 13.0. The molecule has 1 fully saturated rings. The minimum absolute atomic E-state index is 0.326. The Balaban J connectivity index is 1.57. The summed E-state index contributed by atoms with van der Waals surface area (Å²) in [5.74, 6) is -0.281. The largest absolute Gasteiger partial charge is 0.495 e. The molecule has 0 saturated carbocycles. The van der Waals surface area contributed by atoms with Crippen LogP contribution in [-0.2, 0) is 22.6 Å². The Morgan fingerprint density at radius 2 is 1.79 bits per heavy atom. The van der Waals surface area contributed by atoms with Crippen molar-refractivity contribution in [1.82, 2.24) is 5.01 Å². The van der Waals surface area contributed by atoms with Crippen molar-refractivity contribution >= 4 is 29.1 Å². The van der Waals surface area contributed by atoms with Crippen LogP contribution in [0.2, 0.25) is 5.02 Å². The van der Waals surface area contributed by atoms with E-state index in [1.165, 1.54) is 12.7 Å². The Morgan fingerprint density at radius 1 is 1.07 bits per heavy atom. The Kier molecular flexibility index (Phi) is 4.77. The number of halogens is 1. The molecule has 2 aromatic carbocycles. The lowest BCUT2D eigenvalue weighted by molar-refractivity contribution is -0.123. The highest BCUT2D eigenvalue weighted by molar-refractivity contribution is 6.33. The molecule has 2 aliphatic rings. The van der Waals surface area contributed by atoms with E-state index in [-0.39, 0.29) is 5.91 Å². The van der Waals surface area contributed by atoms with Crippen molar-refractivity contribution in [1.29, 1.82) is 0 Å². The van der Waals surface area contributed by atoms with Gasteiger partial charge in [-0.2, -0.15) is 5.11 Å². The van der Waals surface area contributed by atoms with E-state index in [9.17, 15) is 9.59 Å². The first-order valence-electron chi connectivity index (χ1n) is 9.00. The molecular weight excluding hydrogens is 380 g/mol. The lowest BCUT2D eigenvalue weighted by atomic mass is 10.1. The average Bonchev–Trinajstić information content (AvgIpc) is 3.22. The van der Waals surface area contributed by atoms with Crippen molar-refractivity contribution in [2.24, 2.45) is 10.3 Å². The summed E-state index contributed by atoms with van der Waals surface area (Å²) in [7, 11) is 1.50. The number of rotatable bonds is 5. The number of carbonyl (C=O) groups excluding carboxylic acids is 2. The standard InChI is InChI=1S/C20H19ClN4O3/c1-3-12-4-6-13(7-5-12)11-24-18-17(22-23-24)19(26)25(20(18)27)14-8-9-16(28-2)15(21)10-14/h4-10,17-18H,3,11H2,1-2H3/t17-,18+/m1/s1. The summed E-state index contributed by atoms with van der Waals surface area (Å²) in [5, 5.41) is 10.0. The third kappa shape index (κ3) is 3.01. The van der Waals surface area contributed by atoms with Crippen molar-refractivity contribution in [3.05, 3.63) is 58.6 Å². The van der Waals surface area contributed by atoms with Gasteiger partial charge in [-0.15, -0.1) is 0 Å². The van der Waals surface area contributed by atoms with Gasteiger partial charge in [-0.3, -0.25) is 14.6 Å². The van der Waals surface area contributed by atoms with Crippen LogP contribution in [0.25, 0.3) is 0 Å². The minimum Gasteiger partial charge on any atom is -0.495 e. The molecule has 0 bridgehead atoms. The van der Waals surface area contributed by atoms with E-state index in [0.717, 1.165) is 16.9 Å². The number of hydrogen-bond acceptors (Lipinski definition) is 6. The van der Waals surface area contributed by atoms with Crippen LogP contribution >= 0.6 is 11.6 Å². The summed E-state index contributed by atoms with van der Waals surface area (Å²) >= 11 is 6.16. The number of amides is 2. The van der Waals surface area contributed by atoms with Crippen LogP contribution in [0, 0.1) is 0 Å². The molecule has 2 aliphatic heterocycles. The molecule has 2 atom stereocenters. The van der Waals surface area contributed by atoms with E-state index >= 15 is 0 Å². The fraction of sp³-hybridized carbons (Fsp3) is 0.300. The highest BCUT2D eigenvalue weighted by atomic mass is 35.5. The predicted octanol–water partition coefficient (Wildman–Crippen LogP) is 3.40. The van der Waals surface area contributed by atoms with Crippen molar-refractivity contribution in [2.45, 2.75) is 32.0 Å². The van der Waals surface area contributed by atoms with Gasteiger partial charge in [-0.25, -0.2) is 4.90 Å². The van der Waals surface area contributed by atoms with Crippen LogP contribution in [0.1, 0.15) is 18.1 Å². The lowest BCUT2D eigenvalue weighted by Gasteiger charge is -2.21. The number of imide groups is 1. The van der Waals surface area contributed by atoms with Crippen molar-refractivity contribution < 1.29 is 14.3 Å². The van der Waals surface area contributed by atoms with Gasteiger partial charge in [0.05, 0.1) is 24.4 Å². The maximum atomic E-state index is 13.0. The van der Waals surface area contributed by atoms with E-state index in [2.05, 4.69) is 17.3 Å². The quantitative estimate of drug-likeness (QED) is 0.723. The second-order valence-corrected chi connectivity index (χ2v) is 7.10. The molecule has 2 aromatic rings. The second-order valence-electron chi connectivity index (χ2n) is 6.69. The van der Waals surface area contributed by atoms with Crippen LogP contribution in [0.3, 0.4) is 0 Å². The molecular formula is C20H19ClN4O3. The first-order valence-corrected chi connectivity index (χ1v) is 9.38. The van der Waals surface area contributed by atoms with Crippen LogP contribution in [0.5, 0.6) is 5.75 Å². The highest BCUT2D eigenvalue weighted by Crippen LogP contribution is 2.35. The van der Waals surface area contributed by atoms with E-state index in [1.54, 1.807) is 23.2 Å². The van der Waals surface area contributed by atoms with E-state index < -0.39 is 18.0 Å². The maximum Gasteiger partial charge on any atom is 0.263 e. The Morgan fingerprint density at radius 3 is 2.43 bits per heavy atom. The van der Waals surface area contributed by atoms with Gasteiger partial charge in [0.1, 0.15) is 5.75 Å². The van der Waals surface area contributed by atoms with Gasteiger partial charge in [0.2, 0.25) is 0 Å². The fourth-order valence-corrected chi connectivity index (χ4v) is 3.72. The zero-order valence-electron chi connectivity index (χ0n) is 15.5. The van der Waals surface area contributed by atoms with Gasteiger partial charge in [0, 0.05) is 0 Å². The van der Waals surface area contributed by atoms with E-state index in [1.807, 2.05) is 24.3 Å². The summed E-state index contributed by atoms with van der Waals surface area (Å²) < 4.78 is 5.13. The van der Waals surface area contributed by atoms with Gasteiger partial charge in [0.15, 0.2) is 12.1 Å². The molecule has 28 heavy (non-hydrogen) atoms. The molecule has 0 unspecified atom stereocenters. The van der Waals surface area contributed by atoms with Crippen LogP contribution in [0.4, 0.5) is 5.69 Å². The smallest absolute Gasteiger partial charge is 0.263 e. The number of benzene rings is 2. The Hall–Kier alpha value is -2.93.